The van der Waals surface area contributed by atoms with Gasteiger partial charge in [0.2, 0.25) is 5.91 Å². The van der Waals surface area contributed by atoms with Gasteiger partial charge in [-0.25, -0.2) is 0 Å². The van der Waals surface area contributed by atoms with E-state index in [1.165, 1.54) is 12.0 Å². The van der Waals surface area contributed by atoms with E-state index in [0.29, 0.717) is 0 Å². The lowest BCUT2D eigenvalue weighted by Crippen LogP contribution is -2.52. The van der Waals surface area contributed by atoms with E-state index in [9.17, 15) is 9.90 Å². The first-order chi connectivity index (χ1) is 10.3. The van der Waals surface area contributed by atoms with E-state index in [-0.39, 0.29) is 5.91 Å². The SMILES string of the molecule is Cc1cc(C)c(C2(C)C(=O)NC3(CCCCC3)C2O)c(C)c1. The third-order valence-electron chi connectivity index (χ3n) is 5.85. The molecule has 2 unspecified atom stereocenters. The highest BCUT2D eigenvalue weighted by Gasteiger charge is 2.60. The molecule has 1 saturated carbocycles. The van der Waals surface area contributed by atoms with E-state index < -0.39 is 17.1 Å². The maximum absolute atomic E-state index is 12.9. The van der Waals surface area contributed by atoms with Crippen molar-refractivity contribution in [2.45, 2.75) is 76.9 Å². The third-order valence-corrected chi connectivity index (χ3v) is 5.85. The Balaban J connectivity index is 2.11. The van der Waals surface area contributed by atoms with Crippen LogP contribution in [0.25, 0.3) is 0 Å². The molecule has 3 rings (SSSR count). The largest absolute Gasteiger partial charge is 0.389 e. The lowest BCUT2D eigenvalue weighted by atomic mass is 9.67. The Labute approximate surface area is 133 Å². The summed E-state index contributed by atoms with van der Waals surface area (Å²) < 4.78 is 0. The fourth-order valence-electron chi connectivity index (χ4n) is 4.93. The van der Waals surface area contributed by atoms with Gasteiger partial charge in [0.1, 0.15) is 0 Å². The summed E-state index contributed by atoms with van der Waals surface area (Å²) in [5.74, 6) is -0.0167. The number of aryl methyl sites for hydroxylation is 3. The van der Waals surface area contributed by atoms with Gasteiger partial charge in [-0.2, -0.15) is 0 Å². The van der Waals surface area contributed by atoms with Crippen molar-refractivity contribution in [1.82, 2.24) is 5.32 Å². The Morgan fingerprint density at radius 1 is 1.09 bits per heavy atom. The van der Waals surface area contributed by atoms with Crippen molar-refractivity contribution in [3.63, 3.8) is 0 Å². The predicted molar refractivity (Wildman–Crippen MR) is 88.0 cm³/mol. The molecule has 2 atom stereocenters. The molecule has 1 aliphatic carbocycles. The van der Waals surface area contributed by atoms with Gasteiger partial charge in [-0.05, 0) is 57.2 Å². The van der Waals surface area contributed by atoms with Crippen molar-refractivity contribution in [2.75, 3.05) is 0 Å². The Kier molecular flexibility index (Phi) is 3.59. The Morgan fingerprint density at radius 3 is 2.18 bits per heavy atom. The summed E-state index contributed by atoms with van der Waals surface area (Å²) in [7, 11) is 0. The predicted octanol–water partition coefficient (Wildman–Crippen LogP) is 3.06. The van der Waals surface area contributed by atoms with Crippen LogP contribution in [0, 0.1) is 20.8 Å². The minimum Gasteiger partial charge on any atom is -0.389 e. The van der Waals surface area contributed by atoms with Crippen molar-refractivity contribution < 1.29 is 9.90 Å². The lowest BCUT2D eigenvalue weighted by Gasteiger charge is -2.39. The number of hydrogen-bond donors (Lipinski definition) is 2. The van der Waals surface area contributed by atoms with Crippen LogP contribution < -0.4 is 5.32 Å². The molecule has 0 radical (unpaired) electrons. The van der Waals surface area contributed by atoms with Gasteiger partial charge in [0, 0.05) is 0 Å². The zero-order valence-electron chi connectivity index (χ0n) is 14.1. The van der Waals surface area contributed by atoms with Crippen LogP contribution in [0.15, 0.2) is 12.1 Å². The summed E-state index contributed by atoms with van der Waals surface area (Å²) in [6.45, 7) is 8.08. The summed E-state index contributed by atoms with van der Waals surface area (Å²) in [5, 5.41) is 14.4. The first-order valence-electron chi connectivity index (χ1n) is 8.40. The molecule has 0 bridgehead atoms. The average Bonchev–Trinajstić information content (AvgIpc) is 2.61. The van der Waals surface area contributed by atoms with Gasteiger partial charge in [0.15, 0.2) is 0 Å². The summed E-state index contributed by atoms with van der Waals surface area (Å²) >= 11 is 0. The lowest BCUT2D eigenvalue weighted by molar-refractivity contribution is -0.125. The van der Waals surface area contributed by atoms with Crippen molar-refractivity contribution in [3.8, 4) is 0 Å². The zero-order valence-corrected chi connectivity index (χ0v) is 14.1. The molecule has 2 fully saturated rings. The summed E-state index contributed by atoms with van der Waals surface area (Å²) in [6, 6.07) is 4.22. The summed E-state index contributed by atoms with van der Waals surface area (Å²) in [4.78, 5) is 12.9. The zero-order chi connectivity index (χ0) is 16.1. The van der Waals surface area contributed by atoms with Crippen LogP contribution in [-0.2, 0) is 10.2 Å². The first-order valence-corrected chi connectivity index (χ1v) is 8.40. The van der Waals surface area contributed by atoms with Crippen molar-refractivity contribution in [2.24, 2.45) is 0 Å². The van der Waals surface area contributed by atoms with Gasteiger partial charge >= 0.3 is 0 Å². The molecule has 1 amide bonds. The normalized spacial score (nSPS) is 30.6. The molecule has 0 aromatic heterocycles. The molecular weight excluding hydrogens is 274 g/mol. The standard InChI is InChI=1S/C19H27NO2/c1-12-10-13(2)15(14(3)11-12)18(4)16(21)19(20-17(18)22)8-6-5-7-9-19/h10-11,16,21H,5-9H2,1-4H3,(H,20,22). The number of amides is 1. The highest BCUT2D eigenvalue weighted by molar-refractivity contribution is 5.93. The van der Waals surface area contributed by atoms with Gasteiger partial charge in [-0.3, -0.25) is 4.79 Å². The summed E-state index contributed by atoms with van der Waals surface area (Å²) in [6.07, 6.45) is 4.48. The van der Waals surface area contributed by atoms with Crippen molar-refractivity contribution >= 4 is 5.91 Å². The first kappa shape index (κ1) is 15.5. The van der Waals surface area contributed by atoms with E-state index in [1.54, 1.807) is 0 Å². The van der Waals surface area contributed by atoms with Crippen LogP contribution >= 0.6 is 0 Å². The molecule has 3 nitrogen and oxygen atoms in total. The van der Waals surface area contributed by atoms with E-state index in [2.05, 4.69) is 24.4 Å². The number of benzene rings is 1. The molecule has 1 spiro atoms. The second kappa shape index (κ2) is 5.09. The van der Waals surface area contributed by atoms with Crippen LogP contribution in [0.2, 0.25) is 0 Å². The number of carbonyl (C=O) groups is 1. The van der Waals surface area contributed by atoms with Crippen LogP contribution in [0.1, 0.15) is 61.3 Å². The van der Waals surface area contributed by atoms with E-state index in [1.807, 2.05) is 20.8 Å². The quantitative estimate of drug-likeness (QED) is 0.837. The van der Waals surface area contributed by atoms with Gasteiger partial charge in [-0.15, -0.1) is 0 Å². The van der Waals surface area contributed by atoms with Gasteiger partial charge in [-0.1, -0.05) is 37.0 Å². The molecule has 1 aromatic carbocycles. The molecule has 2 N–H and O–H groups in total. The molecule has 22 heavy (non-hydrogen) atoms. The fourth-order valence-corrected chi connectivity index (χ4v) is 4.93. The molecular formula is C19H27NO2. The van der Waals surface area contributed by atoms with Crippen molar-refractivity contribution in [1.29, 1.82) is 0 Å². The molecule has 2 aliphatic rings. The van der Waals surface area contributed by atoms with Crippen LogP contribution in [0.5, 0.6) is 0 Å². The Hall–Kier alpha value is -1.35. The van der Waals surface area contributed by atoms with E-state index >= 15 is 0 Å². The molecule has 3 heteroatoms. The number of hydrogen-bond acceptors (Lipinski definition) is 2. The highest BCUT2D eigenvalue weighted by Crippen LogP contribution is 2.47. The maximum atomic E-state index is 12.9. The van der Waals surface area contributed by atoms with Gasteiger partial charge in [0.25, 0.3) is 0 Å². The van der Waals surface area contributed by atoms with Crippen LogP contribution in [-0.4, -0.2) is 22.7 Å². The maximum Gasteiger partial charge on any atom is 0.233 e. The molecule has 1 saturated heterocycles. The van der Waals surface area contributed by atoms with Gasteiger partial charge in [0.05, 0.1) is 17.1 Å². The molecule has 1 aliphatic heterocycles. The summed E-state index contributed by atoms with van der Waals surface area (Å²) in [5.41, 5.74) is 3.13. The average molecular weight is 301 g/mol. The van der Waals surface area contributed by atoms with E-state index in [0.717, 1.165) is 42.4 Å². The van der Waals surface area contributed by atoms with Crippen LogP contribution in [0.4, 0.5) is 0 Å². The van der Waals surface area contributed by atoms with Gasteiger partial charge < -0.3 is 10.4 Å². The smallest absolute Gasteiger partial charge is 0.233 e. The Morgan fingerprint density at radius 2 is 1.64 bits per heavy atom. The number of aliphatic hydroxyl groups is 1. The second-order valence-corrected chi connectivity index (χ2v) is 7.55. The second-order valence-electron chi connectivity index (χ2n) is 7.55. The van der Waals surface area contributed by atoms with E-state index in [4.69, 9.17) is 0 Å². The molecule has 1 heterocycles. The van der Waals surface area contributed by atoms with Crippen LogP contribution in [0.3, 0.4) is 0 Å². The Bertz CT molecular complexity index is 593. The number of rotatable bonds is 1. The minimum absolute atomic E-state index is 0.0167. The minimum atomic E-state index is -0.848. The molecule has 120 valence electrons. The topological polar surface area (TPSA) is 49.3 Å². The monoisotopic (exact) mass is 301 g/mol. The number of aliphatic hydroxyl groups excluding tert-OH is 1. The molecule has 1 aromatic rings. The number of nitrogens with one attached hydrogen (secondary N) is 1. The van der Waals surface area contributed by atoms with Crippen molar-refractivity contribution in [3.05, 3.63) is 34.4 Å². The fraction of sp³-hybridized carbons (Fsp3) is 0.632. The number of carbonyl (C=O) groups excluding carboxylic acids is 1. The third kappa shape index (κ3) is 2.02. The highest BCUT2D eigenvalue weighted by atomic mass is 16.3.